The molecular formula is C16H18N4O2. The van der Waals surface area contributed by atoms with Crippen LogP contribution in [0.4, 0.5) is 5.69 Å². The summed E-state index contributed by atoms with van der Waals surface area (Å²) in [5.74, 6) is 2.40. The molecule has 6 rings (SSSR count). The first kappa shape index (κ1) is 12.6. The van der Waals surface area contributed by atoms with E-state index in [4.69, 9.17) is 0 Å². The highest BCUT2D eigenvalue weighted by molar-refractivity contribution is 5.83. The van der Waals surface area contributed by atoms with Gasteiger partial charge in [0, 0.05) is 6.07 Å². The van der Waals surface area contributed by atoms with Crippen LogP contribution in [0.5, 0.6) is 0 Å². The van der Waals surface area contributed by atoms with Crippen molar-refractivity contribution in [3.05, 3.63) is 28.3 Å². The third kappa shape index (κ3) is 1.61. The number of rotatable bonds is 2. The van der Waals surface area contributed by atoms with Crippen molar-refractivity contribution in [1.82, 2.24) is 15.0 Å². The molecule has 4 aliphatic rings. The van der Waals surface area contributed by atoms with Gasteiger partial charge in [-0.2, -0.15) is 9.90 Å². The van der Waals surface area contributed by atoms with Crippen LogP contribution in [-0.2, 0) is 5.54 Å². The third-order valence-corrected chi connectivity index (χ3v) is 6.02. The van der Waals surface area contributed by atoms with E-state index in [0.29, 0.717) is 11.0 Å². The lowest BCUT2D eigenvalue weighted by molar-refractivity contribution is -0.383. The molecule has 0 spiro atoms. The Morgan fingerprint density at radius 2 is 1.73 bits per heavy atom. The molecule has 1 heterocycles. The fraction of sp³-hybridized carbons (Fsp3) is 0.625. The second-order valence-corrected chi connectivity index (χ2v) is 7.53. The SMILES string of the molecule is O=[N+]([O-])c1cccc2nn(C34CC5CC(CC(C5)C3)C4)nc12. The smallest absolute Gasteiger partial charge is 0.258 e. The average Bonchev–Trinajstić information content (AvgIpc) is 2.90. The molecule has 6 heteroatoms. The highest BCUT2D eigenvalue weighted by Gasteiger charge is 2.53. The van der Waals surface area contributed by atoms with Crippen molar-refractivity contribution in [3.8, 4) is 0 Å². The highest BCUT2D eigenvalue weighted by atomic mass is 16.6. The van der Waals surface area contributed by atoms with Crippen LogP contribution in [0.1, 0.15) is 38.5 Å². The number of non-ortho nitro benzene ring substituents is 1. The Balaban J connectivity index is 1.65. The van der Waals surface area contributed by atoms with E-state index in [1.807, 2.05) is 10.9 Å². The third-order valence-electron chi connectivity index (χ3n) is 6.02. The standard InChI is InChI=1S/C16H18N4O2/c21-19(22)14-3-1-2-13-15(14)18-20(17-13)16-7-10-4-11(8-16)6-12(5-10)9-16/h1-3,10-12H,4-9H2. The molecule has 4 fully saturated rings. The molecule has 0 radical (unpaired) electrons. The molecule has 4 saturated carbocycles. The van der Waals surface area contributed by atoms with Gasteiger partial charge in [0.25, 0.3) is 5.69 Å². The van der Waals surface area contributed by atoms with Gasteiger partial charge in [-0.05, 0) is 62.3 Å². The van der Waals surface area contributed by atoms with E-state index in [9.17, 15) is 10.1 Å². The number of hydrogen-bond donors (Lipinski definition) is 0. The Morgan fingerprint density at radius 3 is 2.32 bits per heavy atom. The van der Waals surface area contributed by atoms with E-state index < -0.39 is 0 Å². The van der Waals surface area contributed by atoms with Crippen LogP contribution in [0.25, 0.3) is 11.0 Å². The van der Waals surface area contributed by atoms with Crippen LogP contribution >= 0.6 is 0 Å². The molecule has 4 aliphatic carbocycles. The monoisotopic (exact) mass is 298 g/mol. The maximum Gasteiger partial charge on any atom is 0.299 e. The molecule has 0 unspecified atom stereocenters. The Bertz CT molecular complexity index is 746. The number of aromatic nitrogens is 3. The van der Waals surface area contributed by atoms with Crippen LogP contribution in [-0.4, -0.2) is 19.9 Å². The van der Waals surface area contributed by atoms with Crippen molar-refractivity contribution in [2.75, 3.05) is 0 Å². The Morgan fingerprint density at radius 1 is 1.09 bits per heavy atom. The van der Waals surface area contributed by atoms with Crippen LogP contribution < -0.4 is 0 Å². The number of hydrogen-bond acceptors (Lipinski definition) is 4. The molecule has 1 aromatic heterocycles. The van der Waals surface area contributed by atoms with Gasteiger partial charge in [0.1, 0.15) is 5.52 Å². The van der Waals surface area contributed by atoms with Gasteiger partial charge >= 0.3 is 0 Å². The van der Waals surface area contributed by atoms with E-state index in [1.54, 1.807) is 6.07 Å². The first-order valence-corrected chi connectivity index (χ1v) is 8.14. The second-order valence-electron chi connectivity index (χ2n) is 7.53. The van der Waals surface area contributed by atoms with Crippen molar-refractivity contribution in [1.29, 1.82) is 0 Å². The largest absolute Gasteiger partial charge is 0.299 e. The molecular weight excluding hydrogens is 280 g/mol. The fourth-order valence-corrected chi connectivity index (χ4v) is 5.59. The zero-order valence-electron chi connectivity index (χ0n) is 12.3. The lowest BCUT2D eigenvalue weighted by Crippen LogP contribution is -2.52. The van der Waals surface area contributed by atoms with Crippen LogP contribution in [0.3, 0.4) is 0 Å². The maximum atomic E-state index is 11.2. The maximum absolute atomic E-state index is 11.2. The van der Waals surface area contributed by atoms with E-state index in [0.717, 1.165) is 37.0 Å². The van der Waals surface area contributed by atoms with E-state index in [2.05, 4.69) is 10.2 Å². The van der Waals surface area contributed by atoms with Crippen LogP contribution in [0.15, 0.2) is 18.2 Å². The molecule has 0 atom stereocenters. The van der Waals surface area contributed by atoms with Gasteiger partial charge in [-0.3, -0.25) is 10.1 Å². The van der Waals surface area contributed by atoms with E-state index in [1.165, 1.54) is 25.3 Å². The summed E-state index contributed by atoms with van der Waals surface area (Å²) in [6.45, 7) is 0. The molecule has 2 aromatic rings. The summed E-state index contributed by atoms with van der Waals surface area (Å²) in [5, 5.41) is 20.4. The number of nitro benzene ring substituents is 1. The topological polar surface area (TPSA) is 73.8 Å². The van der Waals surface area contributed by atoms with Gasteiger partial charge in [0.2, 0.25) is 0 Å². The van der Waals surface area contributed by atoms with Crippen LogP contribution in [0, 0.1) is 27.9 Å². The number of nitro groups is 1. The van der Waals surface area contributed by atoms with Crippen molar-refractivity contribution in [2.45, 2.75) is 44.1 Å². The summed E-state index contributed by atoms with van der Waals surface area (Å²) in [6.07, 6.45) is 7.52. The molecule has 0 aliphatic heterocycles. The van der Waals surface area contributed by atoms with Crippen molar-refractivity contribution >= 4 is 16.7 Å². The molecule has 0 amide bonds. The van der Waals surface area contributed by atoms with Gasteiger partial charge in [-0.1, -0.05) is 6.07 Å². The summed E-state index contributed by atoms with van der Waals surface area (Å²) in [6, 6.07) is 5.03. The molecule has 6 nitrogen and oxygen atoms in total. The minimum atomic E-state index is -0.360. The van der Waals surface area contributed by atoms with E-state index in [-0.39, 0.29) is 16.1 Å². The van der Waals surface area contributed by atoms with Crippen molar-refractivity contribution in [2.24, 2.45) is 17.8 Å². The molecule has 22 heavy (non-hydrogen) atoms. The molecule has 114 valence electrons. The first-order valence-electron chi connectivity index (χ1n) is 8.14. The van der Waals surface area contributed by atoms with Gasteiger partial charge in [0.05, 0.1) is 10.5 Å². The lowest BCUT2D eigenvalue weighted by atomic mass is 9.53. The summed E-state index contributed by atoms with van der Waals surface area (Å²) < 4.78 is 0. The second kappa shape index (κ2) is 4.06. The van der Waals surface area contributed by atoms with E-state index >= 15 is 0 Å². The van der Waals surface area contributed by atoms with Gasteiger partial charge < -0.3 is 0 Å². The van der Waals surface area contributed by atoms with Gasteiger partial charge in [0.15, 0.2) is 5.52 Å². The quantitative estimate of drug-likeness (QED) is 0.630. The minimum Gasteiger partial charge on any atom is -0.258 e. The minimum absolute atomic E-state index is 0.0155. The number of fused-ring (bicyclic) bond motifs is 1. The Labute approximate surface area is 127 Å². The summed E-state index contributed by atoms with van der Waals surface area (Å²) in [5.41, 5.74) is 1.16. The zero-order chi connectivity index (χ0) is 14.9. The normalized spacial score (nSPS) is 36.1. The molecule has 0 N–H and O–H groups in total. The molecule has 0 saturated heterocycles. The molecule has 1 aromatic carbocycles. The summed E-state index contributed by atoms with van der Waals surface area (Å²) >= 11 is 0. The number of nitrogens with zero attached hydrogens (tertiary/aromatic N) is 4. The number of benzene rings is 1. The fourth-order valence-electron chi connectivity index (χ4n) is 5.59. The summed E-state index contributed by atoms with van der Waals surface area (Å²) in [4.78, 5) is 12.7. The first-order chi connectivity index (χ1) is 10.6. The van der Waals surface area contributed by atoms with Crippen molar-refractivity contribution in [3.63, 3.8) is 0 Å². The zero-order valence-corrected chi connectivity index (χ0v) is 12.3. The predicted molar refractivity (Wildman–Crippen MR) is 80.3 cm³/mol. The van der Waals surface area contributed by atoms with Crippen molar-refractivity contribution < 1.29 is 4.92 Å². The van der Waals surface area contributed by atoms with Gasteiger partial charge in [-0.15, -0.1) is 5.10 Å². The van der Waals surface area contributed by atoms with Crippen LogP contribution in [0.2, 0.25) is 0 Å². The predicted octanol–water partition coefficient (Wildman–Crippen LogP) is 3.26. The lowest BCUT2D eigenvalue weighted by Gasteiger charge is -2.55. The average molecular weight is 298 g/mol. The highest BCUT2D eigenvalue weighted by Crippen LogP contribution is 2.58. The Hall–Kier alpha value is -1.98. The molecule has 4 bridgehead atoms. The van der Waals surface area contributed by atoms with Gasteiger partial charge in [-0.25, -0.2) is 0 Å². The summed E-state index contributed by atoms with van der Waals surface area (Å²) in [7, 11) is 0. The Kier molecular flexibility index (Phi) is 2.31.